The molecule has 1 aliphatic heterocycles. The minimum atomic E-state index is -0.414. The molecule has 0 spiro atoms. The van der Waals surface area contributed by atoms with Crippen molar-refractivity contribution in [1.29, 1.82) is 0 Å². The maximum atomic E-state index is 12.7. The summed E-state index contributed by atoms with van der Waals surface area (Å²) >= 11 is 12.3. The zero-order valence-electron chi connectivity index (χ0n) is 17.8. The van der Waals surface area contributed by atoms with E-state index in [1.165, 1.54) is 0 Å². The maximum absolute atomic E-state index is 12.7. The Morgan fingerprint density at radius 1 is 1.06 bits per heavy atom. The molecule has 1 aliphatic rings. The van der Waals surface area contributed by atoms with Gasteiger partial charge in [-0.15, -0.1) is 0 Å². The average molecular weight is 492 g/mol. The number of rotatable bonds is 5. The predicted octanol–water partition coefficient (Wildman–Crippen LogP) is 5.82. The van der Waals surface area contributed by atoms with Crippen LogP contribution in [0.3, 0.4) is 0 Å². The molecular formula is C26H19Cl2N3O3. The summed E-state index contributed by atoms with van der Waals surface area (Å²) in [4.78, 5) is 28.4. The average Bonchev–Trinajstić information content (AvgIpc) is 3.22. The van der Waals surface area contributed by atoms with E-state index in [0.717, 1.165) is 16.5 Å². The predicted molar refractivity (Wildman–Crippen MR) is 134 cm³/mol. The molecule has 0 aliphatic carbocycles. The summed E-state index contributed by atoms with van der Waals surface area (Å²) in [5.41, 5.74) is 3.59. The lowest BCUT2D eigenvalue weighted by molar-refractivity contribution is -0.115. The lowest BCUT2D eigenvalue weighted by Crippen LogP contribution is -2.27. The van der Waals surface area contributed by atoms with E-state index in [2.05, 4.69) is 15.6 Å². The Morgan fingerprint density at radius 2 is 1.91 bits per heavy atom. The lowest BCUT2D eigenvalue weighted by Gasteiger charge is -2.20. The first-order valence-electron chi connectivity index (χ1n) is 10.6. The van der Waals surface area contributed by atoms with Crippen molar-refractivity contribution in [2.45, 2.75) is 6.42 Å². The molecule has 34 heavy (non-hydrogen) atoms. The van der Waals surface area contributed by atoms with Crippen molar-refractivity contribution in [3.8, 4) is 5.75 Å². The van der Waals surface area contributed by atoms with Crippen LogP contribution in [-0.2, 0) is 11.2 Å². The van der Waals surface area contributed by atoms with Gasteiger partial charge in [0.1, 0.15) is 0 Å². The summed E-state index contributed by atoms with van der Waals surface area (Å²) in [6.07, 6.45) is 4.15. The summed E-state index contributed by atoms with van der Waals surface area (Å²) in [7, 11) is 0. The van der Waals surface area contributed by atoms with Crippen molar-refractivity contribution in [3.05, 3.63) is 99.4 Å². The summed E-state index contributed by atoms with van der Waals surface area (Å²) in [6, 6.07) is 17.7. The van der Waals surface area contributed by atoms with Gasteiger partial charge < -0.3 is 20.4 Å². The Labute approximate surface area is 205 Å². The molecule has 5 rings (SSSR count). The topological polar surface area (TPSA) is 83.2 Å². The SMILES string of the molecule is O=C1Nc2cc(C(=O)NCCc3c[nH]c4ccc(Cl)cc34)ccc2O/C1=C/c1ccccc1Cl. The Morgan fingerprint density at radius 3 is 2.76 bits per heavy atom. The molecule has 0 atom stereocenters. The van der Waals surface area contributed by atoms with E-state index in [9.17, 15) is 9.59 Å². The van der Waals surface area contributed by atoms with E-state index >= 15 is 0 Å². The summed E-state index contributed by atoms with van der Waals surface area (Å²) in [5, 5.41) is 7.91. The third kappa shape index (κ3) is 4.51. The van der Waals surface area contributed by atoms with Gasteiger partial charge in [-0.05, 0) is 66.1 Å². The Kier molecular flexibility index (Phi) is 6.01. The fourth-order valence-electron chi connectivity index (χ4n) is 3.81. The molecule has 2 amide bonds. The van der Waals surface area contributed by atoms with Crippen LogP contribution in [0.1, 0.15) is 21.5 Å². The van der Waals surface area contributed by atoms with Gasteiger partial charge in [-0.1, -0.05) is 41.4 Å². The Balaban J connectivity index is 1.26. The molecule has 0 bridgehead atoms. The smallest absolute Gasteiger partial charge is 0.291 e. The number of benzene rings is 3. The number of amides is 2. The fraction of sp³-hybridized carbons (Fsp3) is 0.0769. The van der Waals surface area contributed by atoms with Crippen molar-refractivity contribution in [1.82, 2.24) is 10.3 Å². The van der Waals surface area contributed by atoms with E-state index < -0.39 is 5.91 Å². The molecule has 0 saturated heterocycles. The van der Waals surface area contributed by atoms with Gasteiger partial charge >= 0.3 is 0 Å². The molecule has 8 heteroatoms. The van der Waals surface area contributed by atoms with E-state index in [-0.39, 0.29) is 11.7 Å². The highest BCUT2D eigenvalue weighted by molar-refractivity contribution is 6.32. The third-order valence-corrected chi connectivity index (χ3v) is 6.11. The molecular weight excluding hydrogens is 473 g/mol. The number of hydrogen-bond acceptors (Lipinski definition) is 3. The zero-order valence-corrected chi connectivity index (χ0v) is 19.3. The number of anilines is 1. The number of H-pyrrole nitrogens is 1. The Bertz CT molecular complexity index is 1460. The number of hydrogen-bond donors (Lipinski definition) is 3. The molecule has 0 saturated carbocycles. The first-order chi connectivity index (χ1) is 16.5. The van der Waals surface area contributed by atoms with E-state index in [1.54, 1.807) is 36.4 Å². The summed E-state index contributed by atoms with van der Waals surface area (Å²) < 4.78 is 5.76. The lowest BCUT2D eigenvalue weighted by atomic mass is 10.1. The van der Waals surface area contributed by atoms with Crippen LogP contribution in [0.2, 0.25) is 10.0 Å². The number of halogens is 2. The monoisotopic (exact) mass is 491 g/mol. The number of fused-ring (bicyclic) bond motifs is 2. The quantitative estimate of drug-likeness (QED) is 0.307. The highest BCUT2D eigenvalue weighted by atomic mass is 35.5. The van der Waals surface area contributed by atoms with Gasteiger partial charge in [-0.3, -0.25) is 9.59 Å². The summed E-state index contributed by atoms with van der Waals surface area (Å²) in [6.45, 7) is 0.447. The normalized spacial score (nSPS) is 13.9. The number of nitrogens with one attached hydrogen (secondary N) is 3. The van der Waals surface area contributed by atoms with E-state index in [0.29, 0.717) is 45.6 Å². The number of carbonyl (C=O) groups excluding carboxylic acids is 2. The first-order valence-corrected chi connectivity index (χ1v) is 11.4. The molecule has 6 nitrogen and oxygen atoms in total. The van der Waals surface area contributed by atoms with Crippen molar-refractivity contribution >= 4 is 57.7 Å². The number of ether oxygens (including phenoxy) is 1. The second-order valence-electron chi connectivity index (χ2n) is 7.81. The van der Waals surface area contributed by atoms with Crippen LogP contribution in [0.5, 0.6) is 5.75 Å². The first kappa shape index (κ1) is 22.1. The maximum Gasteiger partial charge on any atom is 0.291 e. The molecule has 3 N–H and O–H groups in total. The van der Waals surface area contributed by atoms with Crippen molar-refractivity contribution in [2.24, 2.45) is 0 Å². The van der Waals surface area contributed by atoms with Gasteiger partial charge in [0.05, 0.1) is 5.69 Å². The van der Waals surface area contributed by atoms with Crippen LogP contribution in [0.15, 0.2) is 72.6 Å². The third-order valence-electron chi connectivity index (χ3n) is 5.53. The minimum Gasteiger partial charge on any atom is -0.449 e. The van der Waals surface area contributed by atoms with Crippen molar-refractivity contribution in [3.63, 3.8) is 0 Å². The molecule has 1 aromatic heterocycles. The van der Waals surface area contributed by atoms with Crippen LogP contribution in [0.4, 0.5) is 5.69 Å². The highest BCUT2D eigenvalue weighted by Crippen LogP contribution is 2.33. The zero-order chi connectivity index (χ0) is 23.7. The standard InChI is InChI=1S/C26H19Cl2N3O3/c27-18-6-7-21-19(13-18)17(14-30-21)9-10-29-25(32)16-5-8-23-22(11-16)31-26(33)24(34-23)12-15-3-1-2-4-20(15)28/h1-8,11-14,30H,9-10H2,(H,29,32)(H,31,33)/b24-12+. The van der Waals surface area contributed by atoms with Crippen molar-refractivity contribution in [2.75, 3.05) is 11.9 Å². The molecule has 0 radical (unpaired) electrons. The molecule has 2 heterocycles. The minimum absolute atomic E-state index is 0.122. The van der Waals surface area contributed by atoms with Crippen LogP contribution in [0.25, 0.3) is 17.0 Å². The second-order valence-corrected chi connectivity index (χ2v) is 8.65. The number of aromatic nitrogens is 1. The second kappa shape index (κ2) is 9.25. The van der Waals surface area contributed by atoms with E-state index in [4.69, 9.17) is 27.9 Å². The fourth-order valence-corrected chi connectivity index (χ4v) is 4.17. The molecule has 0 fully saturated rings. The molecule has 170 valence electrons. The van der Waals surface area contributed by atoms with Gasteiger partial charge in [0, 0.05) is 39.3 Å². The van der Waals surface area contributed by atoms with Gasteiger partial charge in [-0.25, -0.2) is 0 Å². The van der Waals surface area contributed by atoms with Crippen molar-refractivity contribution < 1.29 is 14.3 Å². The molecule has 0 unspecified atom stereocenters. The van der Waals surface area contributed by atoms with Gasteiger partial charge in [0.15, 0.2) is 11.5 Å². The van der Waals surface area contributed by atoms with Crippen LogP contribution in [0, 0.1) is 0 Å². The van der Waals surface area contributed by atoms with Crippen LogP contribution in [-0.4, -0.2) is 23.3 Å². The van der Waals surface area contributed by atoms with Gasteiger partial charge in [-0.2, -0.15) is 0 Å². The molecule has 3 aromatic carbocycles. The van der Waals surface area contributed by atoms with Crippen LogP contribution < -0.4 is 15.4 Å². The van der Waals surface area contributed by atoms with Gasteiger partial charge in [0.25, 0.3) is 11.8 Å². The van der Waals surface area contributed by atoms with Gasteiger partial charge in [0.2, 0.25) is 0 Å². The highest BCUT2D eigenvalue weighted by Gasteiger charge is 2.23. The Hall–Kier alpha value is -3.74. The van der Waals surface area contributed by atoms with E-state index in [1.807, 2.05) is 36.5 Å². The molecule has 4 aromatic rings. The summed E-state index contributed by atoms with van der Waals surface area (Å²) in [5.74, 6) is -0.0861. The number of aromatic amines is 1. The van der Waals surface area contributed by atoms with Crippen LogP contribution >= 0.6 is 23.2 Å². The number of carbonyl (C=O) groups is 2. The largest absolute Gasteiger partial charge is 0.449 e.